The fourth-order valence-corrected chi connectivity index (χ4v) is 1.98. The van der Waals surface area contributed by atoms with Gasteiger partial charge in [-0.25, -0.2) is 0 Å². The topological polar surface area (TPSA) is 41.3 Å². The molecule has 3 heteroatoms. The van der Waals surface area contributed by atoms with Crippen molar-refractivity contribution in [3.63, 3.8) is 0 Å². The first-order valence-electron chi connectivity index (χ1n) is 4.95. The van der Waals surface area contributed by atoms with Gasteiger partial charge in [0.1, 0.15) is 0 Å². The molecule has 0 radical (unpaired) electrons. The molecule has 0 unspecified atom stereocenters. The van der Waals surface area contributed by atoms with Crippen molar-refractivity contribution in [2.24, 2.45) is 5.73 Å². The molecule has 0 aromatic rings. The van der Waals surface area contributed by atoms with E-state index in [9.17, 15) is 0 Å². The monoisotopic (exact) mass is 179 g/mol. The number of nitrogens with two attached hydrogens (primary N) is 1. The van der Waals surface area contributed by atoms with Crippen LogP contribution in [-0.2, 0) is 0 Å². The zero-order valence-corrected chi connectivity index (χ0v) is 7.87. The number of rotatable bonds is 1. The Labute approximate surface area is 79.3 Å². The lowest BCUT2D eigenvalue weighted by Crippen LogP contribution is -2.42. The summed E-state index contributed by atoms with van der Waals surface area (Å²) >= 11 is 0. The summed E-state index contributed by atoms with van der Waals surface area (Å²) in [6, 6.07) is 0.685. The van der Waals surface area contributed by atoms with Crippen molar-refractivity contribution < 1.29 is 0 Å². The third-order valence-corrected chi connectivity index (χ3v) is 2.73. The highest BCUT2D eigenvalue weighted by atomic mass is 15.2. The third-order valence-electron chi connectivity index (χ3n) is 2.73. The molecule has 0 saturated carbocycles. The maximum absolute atomic E-state index is 5.78. The molecule has 0 atom stereocenters. The van der Waals surface area contributed by atoms with Crippen LogP contribution in [0.4, 0.5) is 0 Å². The molecule has 1 fully saturated rings. The molecule has 0 aliphatic carbocycles. The quantitative estimate of drug-likeness (QED) is 0.612. The highest BCUT2D eigenvalue weighted by Gasteiger charge is 2.19. The number of piperidine rings is 1. The van der Waals surface area contributed by atoms with Gasteiger partial charge in [-0.15, -0.1) is 0 Å². The molecule has 0 spiro atoms. The standard InChI is InChI=1S/C10H17N3/c11-9-2-1-7-13(8-9)10-3-5-12-6-4-10/h1-2,7,10,12H,3-6,8,11H2. The summed E-state index contributed by atoms with van der Waals surface area (Å²) in [7, 11) is 0. The Morgan fingerprint density at radius 2 is 2.15 bits per heavy atom. The van der Waals surface area contributed by atoms with Crippen molar-refractivity contribution in [1.29, 1.82) is 0 Å². The van der Waals surface area contributed by atoms with Crippen LogP contribution in [-0.4, -0.2) is 30.6 Å². The Hall–Kier alpha value is -0.960. The Kier molecular flexibility index (Phi) is 2.54. The molecule has 2 heterocycles. The van der Waals surface area contributed by atoms with Gasteiger partial charge in [0.25, 0.3) is 0 Å². The van der Waals surface area contributed by atoms with Crippen LogP contribution in [0.2, 0.25) is 0 Å². The molecular weight excluding hydrogens is 162 g/mol. The van der Waals surface area contributed by atoms with Gasteiger partial charge in [0.05, 0.1) is 6.54 Å². The van der Waals surface area contributed by atoms with Gasteiger partial charge in [-0.1, -0.05) is 0 Å². The van der Waals surface area contributed by atoms with Crippen LogP contribution in [0, 0.1) is 0 Å². The van der Waals surface area contributed by atoms with E-state index in [0.29, 0.717) is 6.04 Å². The minimum Gasteiger partial charge on any atom is -0.401 e. The van der Waals surface area contributed by atoms with Crippen LogP contribution < -0.4 is 11.1 Å². The summed E-state index contributed by atoms with van der Waals surface area (Å²) in [5.41, 5.74) is 6.76. The van der Waals surface area contributed by atoms with Gasteiger partial charge in [-0.2, -0.15) is 0 Å². The normalized spacial score (nSPS) is 24.6. The molecule has 13 heavy (non-hydrogen) atoms. The second-order valence-corrected chi connectivity index (χ2v) is 3.74. The Bertz CT molecular complexity index is 226. The number of hydrogen-bond acceptors (Lipinski definition) is 3. The van der Waals surface area contributed by atoms with Crippen molar-refractivity contribution in [3.8, 4) is 0 Å². The first-order chi connectivity index (χ1) is 6.36. The number of nitrogens with zero attached hydrogens (tertiary/aromatic N) is 1. The van der Waals surface area contributed by atoms with Gasteiger partial charge in [0, 0.05) is 11.7 Å². The lowest BCUT2D eigenvalue weighted by atomic mass is 10.0. The average Bonchev–Trinajstić information content (AvgIpc) is 2.19. The van der Waals surface area contributed by atoms with Crippen molar-refractivity contribution in [2.75, 3.05) is 19.6 Å². The molecule has 2 aliphatic rings. The molecule has 0 aromatic carbocycles. The van der Waals surface area contributed by atoms with Crippen molar-refractivity contribution in [2.45, 2.75) is 18.9 Å². The summed E-state index contributed by atoms with van der Waals surface area (Å²) < 4.78 is 0. The van der Waals surface area contributed by atoms with Crippen molar-refractivity contribution in [1.82, 2.24) is 10.2 Å². The smallest absolute Gasteiger partial charge is 0.0572 e. The van der Waals surface area contributed by atoms with Crippen LogP contribution >= 0.6 is 0 Å². The van der Waals surface area contributed by atoms with Gasteiger partial charge in [0.15, 0.2) is 0 Å². The maximum atomic E-state index is 5.78. The summed E-state index contributed by atoms with van der Waals surface area (Å²) in [5, 5.41) is 3.37. The van der Waals surface area contributed by atoms with Gasteiger partial charge in [-0.3, -0.25) is 0 Å². The minimum absolute atomic E-state index is 0.685. The number of allylic oxidation sites excluding steroid dienone is 2. The zero-order chi connectivity index (χ0) is 9.10. The number of hydrogen-bond donors (Lipinski definition) is 2. The second kappa shape index (κ2) is 3.83. The molecule has 0 bridgehead atoms. The fraction of sp³-hybridized carbons (Fsp3) is 0.600. The largest absolute Gasteiger partial charge is 0.401 e. The Morgan fingerprint density at radius 3 is 2.85 bits per heavy atom. The Balaban J connectivity index is 1.93. The highest BCUT2D eigenvalue weighted by Crippen LogP contribution is 2.15. The van der Waals surface area contributed by atoms with E-state index in [1.165, 1.54) is 12.8 Å². The van der Waals surface area contributed by atoms with Gasteiger partial charge in [-0.05, 0) is 44.3 Å². The lowest BCUT2D eigenvalue weighted by Gasteiger charge is -2.35. The molecule has 0 aromatic heterocycles. The summed E-state index contributed by atoms with van der Waals surface area (Å²) in [4.78, 5) is 2.36. The molecule has 2 rings (SSSR count). The molecule has 72 valence electrons. The predicted molar refractivity (Wildman–Crippen MR) is 54.0 cm³/mol. The number of nitrogens with one attached hydrogen (secondary N) is 1. The lowest BCUT2D eigenvalue weighted by molar-refractivity contribution is 0.237. The van der Waals surface area contributed by atoms with Gasteiger partial charge in [0.2, 0.25) is 0 Å². The van der Waals surface area contributed by atoms with E-state index < -0.39 is 0 Å². The molecule has 3 N–H and O–H groups in total. The SMILES string of the molecule is NC1=CC=CN(C2CCNCC2)C1. The molecule has 0 amide bonds. The fourth-order valence-electron chi connectivity index (χ4n) is 1.98. The highest BCUT2D eigenvalue weighted by molar-refractivity contribution is 5.16. The van der Waals surface area contributed by atoms with Crippen LogP contribution in [0.25, 0.3) is 0 Å². The summed E-state index contributed by atoms with van der Waals surface area (Å²) in [6.07, 6.45) is 8.65. The Morgan fingerprint density at radius 1 is 1.38 bits per heavy atom. The summed E-state index contributed by atoms with van der Waals surface area (Å²) in [5.74, 6) is 0. The van der Waals surface area contributed by atoms with Gasteiger partial charge < -0.3 is 16.0 Å². The van der Waals surface area contributed by atoms with E-state index in [0.717, 1.165) is 25.3 Å². The second-order valence-electron chi connectivity index (χ2n) is 3.74. The van der Waals surface area contributed by atoms with Crippen LogP contribution in [0.1, 0.15) is 12.8 Å². The minimum atomic E-state index is 0.685. The molecule has 1 saturated heterocycles. The van der Waals surface area contributed by atoms with E-state index in [1.54, 1.807) is 0 Å². The predicted octanol–water partition coefficient (Wildman–Crippen LogP) is 0.410. The third kappa shape index (κ3) is 2.04. The van der Waals surface area contributed by atoms with Gasteiger partial charge >= 0.3 is 0 Å². The molecular formula is C10H17N3. The van der Waals surface area contributed by atoms with E-state index in [-0.39, 0.29) is 0 Å². The van der Waals surface area contributed by atoms with E-state index in [1.807, 2.05) is 12.2 Å². The van der Waals surface area contributed by atoms with E-state index in [2.05, 4.69) is 16.4 Å². The first-order valence-corrected chi connectivity index (χ1v) is 4.95. The van der Waals surface area contributed by atoms with Crippen LogP contribution in [0.5, 0.6) is 0 Å². The molecule has 3 nitrogen and oxygen atoms in total. The van der Waals surface area contributed by atoms with E-state index in [4.69, 9.17) is 5.73 Å². The average molecular weight is 179 g/mol. The summed E-state index contributed by atoms with van der Waals surface area (Å²) in [6.45, 7) is 3.18. The van der Waals surface area contributed by atoms with Crippen LogP contribution in [0.15, 0.2) is 24.0 Å². The van der Waals surface area contributed by atoms with Crippen LogP contribution in [0.3, 0.4) is 0 Å². The first kappa shape index (κ1) is 8.63. The van der Waals surface area contributed by atoms with Crippen molar-refractivity contribution >= 4 is 0 Å². The van der Waals surface area contributed by atoms with E-state index >= 15 is 0 Å². The van der Waals surface area contributed by atoms with Crippen molar-refractivity contribution in [3.05, 3.63) is 24.0 Å². The molecule has 2 aliphatic heterocycles. The maximum Gasteiger partial charge on any atom is 0.0572 e. The zero-order valence-electron chi connectivity index (χ0n) is 7.87.